The molecule has 2 amide bonds. The molecule has 18 heavy (non-hydrogen) atoms. The number of aliphatic hydroxyl groups is 1. The topological polar surface area (TPSA) is 81.1 Å². The van der Waals surface area contributed by atoms with Crippen molar-refractivity contribution in [3.8, 4) is 0 Å². The van der Waals surface area contributed by atoms with Gasteiger partial charge >= 0.3 is 12.0 Å². The Hall–Kier alpha value is -1.30. The second kappa shape index (κ2) is 4.76. The molecule has 2 rings (SSSR count). The summed E-state index contributed by atoms with van der Waals surface area (Å²) in [5.74, 6) is -0.172. The van der Waals surface area contributed by atoms with Crippen molar-refractivity contribution in [2.24, 2.45) is 11.8 Å². The molecule has 0 aromatic carbocycles. The Labute approximate surface area is 106 Å². The zero-order chi connectivity index (χ0) is 13.4. The number of aliphatic hydroxyl groups excluding tert-OH is 1. The lowest BCUT2D eigenvalue weighted by Gasteiger charge is -2.27. The number of carbonyl (C=O) groups excluding carboxylic acids is 1. The summed E-state index contributed by atoms with van der Waals surface area (Å²) in [7, 11) is 0. The lowest BCUT2D eigenvalue weighted by Crippen LogP contribution is -2.47. The lowest BCUT2D eigenvalue weighted by atomic mass is 10.0. The molecule has 2 heterocycles. The van der Waals surface area contributed by atoms with Crippen molar-refractivity contribution >= 4 is 12.0 Å². The van der Waals surface area contributed by atoms with Crippen LogP contribution in [0.25, 0.3) is 0 Å². The smallest absolute Gasteiger partial charge is 0.326 e. The summed E-state index contributed by atoms with van der Waals surface area (Å²) in [4.78, 5) is 26.3. The van der Waals surface area contributed by atoms with Gasteiger partial charge in [-0.25, -0.2) is 9.59 Å². The molecule has 6 heteroatoms. The van der Waals surface area contributed by atoms with Crippen LogP contribution < -0.4 is 0 Å². The van der Waals surface area contributed by atoms with E-state index < -0.39 is 18.1 Å². The SMILES string of the molecule is CC1CN(C(=O)N2C[C@@H](O)C[C@H]2C(=O)O)CC1C. The normalized spacial score (nSPS) is 36.2. The number of hydrogen-bond acceptors (Lipinski definition) is 3. The Morgan fingerprint density at radius 3 is 2.17 bits per heavy atom. The first-order valence-corrected chi connectivity index (χ1v) is 6.36. The Bertz CT molecular complexity index is 350. The summed E-state index contributed by atoms with van der Waals surface area (Å²) in [6.45, 7) is 5.63. The first-order chi connectivity index (χ1) is 8.40. The number of carbonyl (C=O) groups is 2. The zero-order valence-electron chi connectivity index (χ0n) is 10.7. The zero-order valence-corrected chi connectivity index (χ0v) is 10.7. The van der Waals surface area contributed by atoms with E-state index in [1.54, 1.807) is 4.90 Å². The van der Waals surface area contributed by atoms with E-state index >= 15 is 0 Å². The molecule has 2 unspecified atom stereocenters. The number of aliphatic carboxylic acids is 1. The van der Waals surface area contributed by atoms with Crippen LogP contribution >= 0.6 is 0 Å². The fourth-order valence-corrected chi connectivity index (χ4v) is 2.73. The van der Waals surface area contributed by atoms with E-state index in [9.17, 15) is 14.7 Å². The van der Waals surface area contributed by atoms with Gasteiger partial charge < -0.3 is 20.0 Å². The number of β-amino-alcohol motifs (C(OH)–C–C–N with tert-alkyl or cyclic N) is 1. The van der Waals surface area contributed by atoms with Crippen LogP contribution in [0.3, 0.4) is 0 Å². The molecule has 0 bridgehead atoms. The average Bonchev–Trinajstić information content (AvgIpc) is 2.82. The summed E-state index contributed by atoms with van der Waals surface area (Å²) < 4.78 is 0. The highest BCUT2D eigenvalue weighted by Crippen LogP contribution is 2.26. The highest BCUT2D eigenvalue weighted by Gasteiger charge is 2.42. The third kappa shape index (κ3) is 2.29. The fourth-order valence-electron chi connectivity index (χ4n) is 2.73. The van der Waals surface area contributed by atoms with Crippen LogP contribution in [0.15, 0.2) is 0 Å². The second-order valence-electron chi connectivity index (χ2n) is 5.54. The molecule has 102 valence electrons. The summed E-state index contributed by atoms with van der Waals surface area (Å²) in [5, 5.41) is 18.6. The lowest BCUT2D eigenvalue weighted by molar-refractivity contribution is -0.141. The number of likely N-dealkylation sites (tertiary alicyclic amines) is 2. The van der Waals surface area contributed by atoms with E-state index in [0.717, 1.165) is 0 Å². The van der Waals surface area contributed by atoms with E-state index in [4.69, 9.17) is 5.11 Å². The molecule has 2 aliphatic rings. The molecule has 0 saturated carbocycles. The highest BCUT2D eigenvalue weighted by atomic mass is 16.4. The number of carboxylic acid groups (broad SMARTS) is 1. The Morgan fingerprint density at radius 2 is 1.67 bits per heavy atom. The van der Waals surface area contributed by atoms with Gasteiger partial charge in [0.1, 0.15) is 6.04 Å². The molecule has 0 spiro atoms. The van der Waals surface area contributed by atoms with Gasteiger partial charge in [-0.3, -0.25) is 0 Å². The maximum absolute atomic E-state index is 12.3. The molecule has 0 aliphatic carbocycles. The third-order valence-corrected chi connectivity index (χ3v) is 4.07. The maximum Gasteiger partial charge on any atom is 0.326 e. The number of hydrogen-bond donors (Lipinski definition) is 2. The molecule has 2 aliphatic heterocycles. The number of carboxylic acids is 1. The molecule has 2 fully saturated rings. The van der Waals surface area contributed by atoms with E-state index in [2.05, 4.69) is 13.8 Å². The number of amides is 2. The van der Waals surface area contributed by atoms with E-state index in [1.165, 1.54) is 4.90 Å². The van der Waals surface area contributed by atoms with Crippen LogP contribution in [-0.2, 0) is 4.79 Å². The van der Waals surface area contributed by atoms with Crippen LogP contribution in [0.2, 0.25) is 0 Å². The largest absolute Gasteiger partial charge is 0.480 e. The minimum Gasteiger partial charge on any atom is -0.480 e. The first-order valence-electron chi connectivity index (χ1n) is 6.36. The predicted molar refractivity (Wildman–Crippen MR) is 64.1 cm³/mol. The van der Waals surface area contributed by atoms with Crippen molar-refractivity contribution < 1.29 is 19.8 Å². The second-order valence-corrected chi connectivity index (χ2v) is 5.54. The van der Waals surface area contributed by atoms with Crippen LogP contribution in [0.5, 0.6) is 0 Å². The Balaban J connectivity index is 2.06. The minimum absolute atomic E-state index is 0.120. The summed E-state index contributed by atoms with van der Waals surface area (Å²) in [5.41, 5.74) is 0. The van der Waals surface area contributed by atoms with Crippen molar-refractivity contribution in [3.63, 3.8) is 0 Å². The standard InChI is InChI=1S/C12H20N2O4/c1-7-4-13(5-8(7)2)12(18)14-6-9(15)3-10(14)11(16)17/h7-10,15H,3-6H2,1-2H3,(H,16,17)/t7?,8?,9-,10-/m0/s1. The van der Waals surface area contributed by atoms with Gasteiger partial charge in [-0.15, -0.1) is 0 Å². The van der Waals surface area contributed by atoms with Crippen molar-refractivity contribution in [2.75, 3.05) is 19.6 Å². The van der Waals surface area contributed by atoms with Crippen molar-refractivity contribution in [2.45, 2.75) is 32.4 Å². The molecule has 0 aromatic heterocycles. The van der Waals surface area contributed by atoms with Crippen molar-refractivity contribution in [1.29, 1.82) is 0 Å². The molecular formula is C12H20N2O4. The van der Waals surface area contributed by atoms with Gasteiger partial charge in [0.05, 0.1) is 6.10 Å². The molecule has 6 nitrogen and oxygen atoms in total. The van der Waals surface area contributed by atoms with Gasteiger partial charge in [0.25, 0.3) is 0 Å². The van der Waals surface area contributed by atoms with E-state index in [0.29, 0.717) is 24.9 Å². The highest BCUT2D eigenvalue weighted by molar-refractivity contribution is 5.83. The van der Waals surface area contributed by atoms with E-state index in [1.807, 2.05) is 0 Å². The van der Waals surface area contributed by atoms with Gasteiger partial charge in [-0.2, -0.15) is 0 Å². The molecule has 4 atom stereocenters. The van der Waals surface area contributed by atoms with Gasteiger partial charge in [0, 0.05) is 26.1 Å². The number of rotatable bonds is 1. The first kappa shape index (κ1) is 13.1. The van der Waals surface area contributed by atoms with Crippen LogP contribution in [0.1, 0.15) is 20.3 Å². The third-order valence-electron chi connectivity index (χ3n) is 4.07. The molecule has 2 N–H and O–H groups in total. The average molecular weight is 256 g/mol. The van der Waals surface area contributed by atoms with Crippen LogP contribution in [0.4, 0.5) is 4.79 Å². The van der Waals surface area contributed by atoms with E-state index in [-0.39, 0.29) is 19.0 Å². The molecular weight excluding hydrogens is 236 g/mol. The Morgan fingerprint density at radius 1 is 1.11 bits per heavy atom. The summed E-state index contributed by atoms with van der Waals surface area (Å²) in [6.07, 6.45) is -0.604. The molecule has 2 saturated heterocycles. The number of nitrogens with zero attached hydrogens (tertiary/aromatic N) is 2. The maximum atomic E-state index is 12.3. The van der Waals surface area contributed by atoms with Gasteiger partial charge in [0.2, 0.25) is 0 Å². The van der Waals surface area contributed by atoms with Crippen LogP contribution in [-0.4, -0.2) is 63.8 Å². The quantitative estimate of drug-likeness (QED) is 0.703. The molecule has 0 radical (unpaired) electrons. The van der Waals surface area contributed by atoms with Crippen LogP contribution in [0, 0.1) is 11.8 Å². The summed E-state index contributed by atoms with van der Waals surface area (Å²) >= 11 is 0. The van der Waals surface area contributed by atoms with Gasteiger partial charge in [0.15, 0.2) is 0 Å². The van der Waals surface area contributed by atoms with Gasteiger partial charge in [-0.05, 0) is 11.8 Å². The minimum atomic E-state index is -1.04. The number of urea groups is 1. The van der Waals surface area contributed by atoms with Gasteiger partial charge in [-0.1, -0.05) is 13.8 Å². The van der Waals surface area contributed by atoms with Crippen molar-refractivity contribution in [3.05, 3.63) is 0 Å². The van der Waals surface area contributed by atoms with Crippen molar-refractivity contribution in [1.82, 2.24) is 9.80 Å². The Kier molecular flexibility index (Phi) is 3.47. The summed E-state index contributed by atoms with van der Waals surface area (Å²) in [6, 6.07) is -1.14. The molecule has 0 aromatic rings. The predicted octanol–water partition coefficient (Wildman–Crippen LogP) is 0.214. The fraction of sp³-hybridized carbons (Fsp3) is 0.833. The monoisotopic (exact) mass is 256 g/mol.